The van der Waals surface area contributed by atoms with Gasteiger partial charge in [0.1, 0.15) is 5.75 Å². The number of piperidine rings is 1. The predicted molar refractivity (Wildman–Crippen MR) is 113 cm³/mol. The van der Waals surface area contributed by atoms with Crippen molar-refractivity contribution >= 4 is 11.0 Å². The van der Waals surface area contributed by atoms with E-state index in [0.29, 0.717) is 0 Å². The number of methoxy groups -OCH3 is 1. The molecule has 0 unspecified atom stereocenters. The van der Waals surface area contributed by atoms with E-state index in [-0.39, 0.29) is 0 Å². The number of fused-ring (bicyclic) bond motifs is 1. The van der Waals surface area contributed by atoms with Crippen LogP contribution >= 0.6 is 0 Å². The van der Waals surface area contributed by atoms with E-state index in [4.69, 9.17) is 4.74 Å². The minimum absolute atomic E-state index is 0.833. The lowest BCUT2D eigenvalue weighted by molar-refractivity contribution is 0.172. The Balaban J connectivity index is 1.27. The van der Waals surface area contributed by atoms with Crippen molar-refractivity contribution in [3.63, 3.8) is 0 Å². The van der Waals surface area contributed by atoms with E-state index in [0.717, 1.165) is 36.0 Å². The van der Waals surface area contributed by atoms with E-state index in [2.05, 4.69) is 52.2 Å². The van der Waals surface area contributed by atoms with Crippen molar-refractivity contribution in [2.75, 3.05) is 20.2 Å². The first-order chi connectivity index (χ1) is 13.6. The minimum atomic E-state index is 0.833. The normalized spacial score (nSPS) is 16.0. The van der Waals surface area contributed by atoms with Crippen LogP contribution in [0.25, 0.3) is 11.0 Å². The van der Waals surface area contributed by atoms with Gasteiger partial charge in [-0.05, 0) is 80.9 Å². The van der Waals surface area contributed by atoms with Gasteiger partial charge in [-0.15, -0.1) is 0 Å². The number of likely N-dealkylation sites (tertiary alicyclic amines) is 1. The smallest absolute Gasteiger partial charge is 0.157 e. The molecule has 5 heteroatoms. The van der Waals surface area contributed by atoms with Gasteiger partial charge >= 0.3 is 0 Å². The zero-order valence-electron chi connectivity index (χ0n) is 17.2. The molecule has 0 aliphatic carbocycles. The number of aromatic nitrogens is 3. The summed E-state index contributed by atoms with van der Waals surface area (Å²) in [7, 11) is 3.67. The van der Waals surface area contributed by atoms with Crippen LogP contribution in [0.3, 0.4) is 0 Å². The Morgan fingerprint density at radius 3 is 2.57 bits per heavy atom. The summed E-state index contributed by atoms with van der Waals surface area (Å²) in [6.45, 7) is 5.40. The monoisotopic (exact) mass is 378 g/mol. The van der Waals surface area contributed by atoms with Crippen LogP contribution in [0.2, 0.25) is 0 Å². The van der Waals surface area contributed by atoms with Crippen LogP contribution in [0.5, 0.6) is 5.75 Å². The molecule has 0 N–H and O–H groups in total. The summed E-state index contributed by atoms with van der Waals surface area (Å²) in [5.74, 6) is 1.77. The third-order valence-corrected chi connectivity index (χ3v) is 6.03. The zero-order valence-corrected chi connectivity index (χ0v) is 17.2. The Kier molecular flexibility index (Phi) is 5.62. The van der Waals surface area contributed by atoms with Crippen LogP contribution in [0, 0.1) is 12.8 Å². The lowest BCUT2D eigenvalue weighted by atomic mass is 9.90. The highest BCUT2D eigenvalue weighted by Gasteiger charge is 2.19. The number of ether oxygens (including phenoxy) is 1. The van der Waals surface area contributed by atoms with Crippen LogP contribution in [0.15, 0.2) is 36.5 Å². The third-order valence-electron chi connectivity index (χ3n) is 6.03. The van der Waals surface area contributed by atoms with Gasteiger partial charge in [-0.25, -0.2) is 4.98 Å². The largest absolute Gasteiger partial charge is 0.497 e. The Bertz CT molecular complexity index is 924. The number of rotatable bonds is 6. The molecular formula is C23H30N4O. The maximum Gasteiger partial charge on any atom is 0.157 e. The van der Waals surface area contributed by atoms with Crippen molar-refractivity contribution in [3.05, 3.63) is 53.3 Å². The second-order valence-corrected chi connectivity index (χ2v) is 8.03. The highest BCUT2D eigenvalue weighted by Crippen LogP contribution is 2.25. The highest BCUT2D eigenvalue weighted by molar-refractivity contribution is 5.78. The van der Waals surface area contributed by atoms with E-state index in [1.54, 1.807) is 7.11 Å². The summed E-state index contributed by atoms with van der Waals surface area (Å²) in [6.07, 6.45) is 7.03. The Labute approximate surface area is 167 Å². The number of aryl methyl sites for hydroxylation is 3. The van der Waals surface area contributed by atoms with Crippen molar-refractivity contribution in [3.8, 4) is 5.75 Å². The summed E-state index contributed by atoms with van der Waals surface area (Å²) < 4.78 is 7.10. The van der Waals surface area contributed by atoms with Crippen molar-refractivity contribution < 1.29 is 4.74 Å². The molecule has 5 nitrogen and oxygen atoms in total. The van der Waals surface area contributed by atoms with Crippen LogP contribution < -0.4 is 4.74 Å². The molecule has 0 bridgehead atoms. The summed E-state index contributed by atoms with van der Waals surface area (Å²) >= 11 is 0. The summed E-state index contributed by atoms with van der Waals surface area (Å²) in [6, 6.07) is 10.8. The van der Waals surface area contributed by atoms with Crippen LogP contribution in [0.1, 0.15) is 36.1 Å². The maximum absolute atomic E-state index is 5.24. The van der Waals surface area contributed by atoms with E-state index in [1.807, 2.05) is 17.9 Å². The molecule has 148 valence electrons. The van der Waals surface area contributed by atoms with Crippen molar-refractivity contribution in [1.82, 2.24) is 19.7 Å². The fourth-order valence-electron chi connectivity index (χ4n) is 4.29. The van der Waals surface area contributed by atoms with Gasteiger partial charge in [0.05, 0.1) is 12.8 Å². The first kappa shape index (κ1) is 18.9. The van der Waals surface area contributed by atoms with Crippen LogP contribution in [-0.2, 0) is 20.0 Å². The van der Waals surface area contributed by atoms with Crippen molar-refractivity contribution in [1.29, 1.82) is 0 Å². The van der Waals surface area contributed by atoms with Gasteiger partial charge in [0.15, 0.2) is 5.65 Å². The van der Waals surface area contributed by atoms with Gasteiger partial charge in [-0.1, -0.05) is 12.1 Å². The third kappa shape index (κ3) is 4.20. The molecule has 4 rings (SSSR count). The zero-order chi connectivity index (χ0) is 19.5. The summed E-state index contributed by atoms with van der Waals surface area (Å²) in [5, 5.41) is 5.65. The van der Waals surface area contributed by atoms with E-state index in [9.17, 15) is 0 Å². The lowest BCUT2D eigenvalue weighted by Gasteiger charge is -2.32. The number of hydrogen-bond acceptors (Lipinski definition) is 4. The first-order valence-corrected chi connectivity index (χ1v) is 10.3. The average molecular weight is 379 g/mol. The molecule has 2 aromatic heterocycles. The molecule has 1 fully saturated rings. The molecule has 0 atom stereocenters. The fourth-order valence-corrected chi connectivity index (χ4v) is 4.29. The summed E-state index contributed by atoms with van der Waals surface area (Å²) in [5.41, 5.74) is 4.73. The van der Waals surface area contributed by atoms with Gasteiger partial charge in [0, 0.05) is 25.2 Å². The van der Waals surface area contributed by atoms with E-state index < -0.39 is 0 Å². The molecule has 0 amide bonds. The Morgan fingerprint density at radius 2 is 1.86 bits per heavy atom. The number of hydrogen-bond donors (Lipinski definition) is 0. The second kappa shape index (κ2) is 8.31. The summed E-state index contributed by atoms with van der Waals surface area (Å²) in [4.78, 5) is 7.19. The molecule has 3 heterocycles. The predicted octanol–water partition coefficient (Wildman–Crippen LogP) is 4.13. The van der Waals surface area contributed by atoms with Gasteiger partial charge in [-0.3, -0.25) is 9.58 Å². The fraction of sp³-hybridized carbons (Fsp3) is 0.478. The average Bonchev–Trinajstić information content (AvgIpc) is 3.01. The molecule has 1 aliphatic rings. The number of pyridine rings is 1. The SMILES string of the molecule is COc1ccc(CCC2CCN(Cc3cnc4c(c3)c(C)nn4C)CC2)cc1. The molecule has 1 aromatic carbocycles. The van der Waals surface area contributed by atoms with Gasteiger partial charge in [0.2, 0.25) is 0 Å². The van der Waals surface area contributed by atoms with E-state index >= 15 is 0 Å². The van der Waals surface area contributed by atoms with Crippen molar-refractivity contribution in [2.24, 2.45) is 13.0 Å². The molecular weight excluding hydrogens is 348 g/mol. The molecule has 1 saturated heterocycles. The van der Waals surface area contributed by atoms with Crippen LogP contribution in [0.4, 0.5) is 0 Å². The molecule has 28 heavy (non-hydrogen) atoms. The lowest BCUT2D eigenvalue weighted by Crippen LogP contribution is -2.33. The Hall–Kier alpha value is -2.40. The number of nitrogens with zero attached hydrogens (tertiary/aromatic N) is 4. The standard InChI is InChI=1S/C23H30N4O/c1-17-22-14-20(15-24-23(22)26(2)25-17)16-27-12-10-19(11-13-27)5-4-18-6-8-21(28-3)9-7-18/h6-9,14-15,19H,4-5,10-13,16H2,1-3H3. The topological polar surface area (TPSA) is 43.2 Å². The van der Waals surface area contributed by atoms with Gasteiger partial charge in [-0.2, -0.15) is 5.10 Å². The van der Waals surface area contributed by atoms with Gasteiger partial charge in [0.25, 0.3) is 0 Å². The highest BCUT2D eigenvalue weighted by atomic mass is 16.5. The molecule has 1 aliphatic heterocycles. The van der Waals surface area contributed by atoms with Gasteiger partial charge < -0.3 is 4.74 Å². The minimum Gasteiger partial charge on any atom is -0.497 e. The molecule has 0 saturated carbocycles. The second-order valence-electron chi connectivity index (χ2n) is 8.03. The van der Waals surface area contributed by atoms with E-state index in [1.165, 1.54) is 48.9 Å². The molecule has 0 spiro atoms. The maximum atomic E-state index is 5.24. The van der Waals surface area contributed by atoms with Crippen LogP contribution in [-0.4, -0.2) is 39.9 Å². The Morgan fingerprint density at radius 1 is 1.11 bits per heavy atom. The van der Waals surface area contributed by atoms with Crippen molar-refractivity contribution in [2.45, 2.75) is 39.2 Å². The number of benzene rings is 1. The molecule has 3 aromatic rings. The molecule has 0 radical (unpaired) electrons. The quantitative estimate of drug-likeness (QED) is 0.647. The first-order valence-electron chi connectivity index (χ1n) is 10.3.